The number of nitrogens with zero attached hydrogens (tertiary/aromatic N) is 2. The van der Waals surface area contributed by atoms with E-state index in [1.807, 2.05) is 37.3 Å². The van der Waals surface area contributed by atoms with E-state index in [2.05, 4.69) is 37.1 Å². The molecule has 0 saturated carbocycles. The molecule has 2 nitrogen and oxygen atoms in total. The molecule has 2 rings (SSSR count). The summed E-state index contributed by atoms with van der Waals surface area (Å²) < 4.78 is 0. The number of rotatable bonds is 2. The summed E-state index contributed by atoms with van der Waals surface area (Å²) in [4.78, 5) is 2.16. The van der Waals surface area contributed by atoms with Crippen LogP contribution in [0.5, 0.6) is 0 Å². The van der Waals surface area contributed by atoms with E-state index in [0.29, 0.717) is 5.56 Å². The standard InChI is InChI=1S/C16H16N2/c1-12-6-4-5-7-15(12)18(3)16-9-8-14(11-17)10-13(16)2/h4-10H,1-3H3. The van der Waals surface area contributed by atoms with E-state index in [4.69, 9.17) is 5.26 Å². The van der Waals surface area contributed by atoms with E-state index in [9.17, 15) is 0 Å². The molecule has 0 bridgehead atoms. The van der Waals surface area contributed by atoms with Crippen molar-refractivity contribution in [3.63, 3.8) is 0 Å². The number of nitriles is 1. The van der Waals surface area contributed by atoms with Crippen LogP contribution in [0.4, 0.5) is 11.4 Å². The van der Waals surface area contributed by atoms with Gasteiger partial charge in [-0.15, -0.1) is 0 Å². The van der Waals surface area contributed by atoms with Gasteiger partial charge in [-0.1, -0.05) is 18.2 Å². The quantitative estimate of drug-likeness (QED) is 0.789. The molecule has 0 unspecified atom stereocenters. The van der Waals surface area contributed by atoms with Crippen molar-refractivity contribution in [2.45, 2.75) is 13.8 Å². The zero-order valence-corrected chi connectivity index (χ0v) is 10.9. The smallest absolute Gasteiger partial charge is 0.0991 e. The molecule has 0 radical (unpaired) electrons. The molecule has 0 aromatic heterocycles. The van der Waals surface area contributed by atoms with E-state index in [1.165, 1.54) is 11.3 Å². The number of aryl methyl sites for hydroxylation is 2. The Balaban J connectivity index is 2.44. The summed E-state index contributed by atoms with van der Waals surface area (Å²) in [7, 11) is 2.05. The van der Waals surface area contributed by atoms with Crippen molar-refractivity contribution in [3.05, 3.63) is 59.2 Å². The van der Waals surface area contributed by atoms with Gasteiger partial charge in [-0.05, 0) is 49.2 Å². The summed E-state index contributed by atoms with van der Waals surface area (Å²) in [6.07, 6.45) is 0. The van der Waals surface area contributed by atoms with Crippen LogP contribution in [0.1, 0.15) is 16.7 Å². The van der Waals surface area contributed by atoms with Gasteiger partial charge in [0, 0.05) is 18.4 Å². The van der Waals surface area contributed by atoms with Gasteiger partial charge in [0.15, 0.2) is 0 Å². The minimum Gasteiger partial charge on any atom is -0.344 e. The number of para-hydroxylation sites is 1. The zero-order valence-electron chi connectivity index (χ0n) is 10.9. The third-order valence-electron chi connectivity index (χ3n) is 3.16. The highest BCUT2D eigenvalue weighted by Gasteiger charge is 2.09. The lowest BCUT2D eigenvalue weighted by atomic mass is 10.1. The van der Waals surface area contributed by atoms with Gasteiger partial charge in [0.05, 0.1) is 11.6 Å². The molecule has 0 atom stereocenters. The molecule has 0 spiro atoms. The van der Waals surface area contributed by atoms with Gasteiger partial charge in [-0.25, -0.2) is 0 Å². The highest BCUT2D eigenvalue weighted by atomic mass is 15.1. The summed E-state index contributed by atoms with van der Waals surface area (Å²) in [5.74, 6) is 0. The molecule has 90 valence electrons. The summed E-state index contributed by atoms with van der Waals surface area (Å²) in [6.45, 7) is 4.13. The summed E-state index contributed by atoms with van der Waals surface area (Å²) in [5.41, 5.74) is 5.37. The van der Waals surface area contributed by atoms with Crippen molar-refractivity contribution in [1.82, 2.24) is 0 Å². The minimum atomic E-state index is 0.703. The number of benzene rings is 2. The zero-order chi connectivity index (χ0) is 13.1. The maximum Gasteiger partial charge on any atom is 0.0991 e. The highest BCUT2D eigenvalue weighted by molar-refractivity contribution is 5.68. The highest BCUT2D eigenvalue weighted by Crippen LogP contribution is 2.29. The van der Waals surface area contributed by atoms with Gasteiger partial charge in [0.25, 0.3) is 0 Å². The predicted octanol–water partition coefficient (Wildman–Crippen LogP) is 3.94. The van der Waals surface area contributed by atoms with Gasteiger partial charge in [-0.3, -0.25) is 0 Å². The Bertz CT molecular complexity index is 609. The first-order valence-corrected chi connectivity index (χ1v) is 5.93. The van der Waals surface area contributed by atoms with Crippen LogP contribution in [0.25, 0.3) is 0 Å². The molecule has 2 heteroatoms. The molecule has 0 aliphatic heterocycles. The molecular formula is C16H16N2. The van der Waals surface area contributed by atoms with Crippen molar-refractivity contribution < 1.29 is 0 Å². The van der Waals surface area contributed by atoms with Crippen molar-refractivity contribution in [1.29, 1.82) is 5.26 Å². The van der Waals surface area contributed by atoms with Crippen LogP contribution in [-0.4, -0.2) is 7.05 Å². The lowest BCUT2D eigenvalue weighted by molar-refractivity contribution is 1.16. The fraction of sp³-hybridized carbons (Fsp3) is 0.188. The van der Waals surface area contributed by atoms with Gasteiger partial charge in [-0.2, -0.15) is 5.26 Å². The Kier molecular flexibility index (Phi) is 3.34. The van der Waals surface area contributed by atoms with Crippen LogP contribution >= 0.6 is 0 Å². The van der Waals surface area contributed by atoms with Crippen molar-refractivity contribution >= 4 is 11.4 Å². The molecule has 2 aromatic carbocycles. The van der Waals surface area contributed by atoms with Gasteiger partial charge in [0.2, 0.25) is 0 Å². The molecular weight excluding hydrogens is 220 g/mol. The Morgan fingerprint density at radius 1 is 0.944 bits per heavy atom. The molecule has 0 saturated heterocycles. The van der Waals surface area contributed by atoms with Crippen LogP contribution in [0.15, 0.2) is 42.5 Å². The maximum atomic E-state index is 8.89. The lowest BCUT2D eigenvalue weighted by Gasteiger charge is -2.23. The SMILES string of the molecule is Cc1ccccc1N(C)c1ccc(C#N)cc1C. The van der Waals surface area contributed by atoms with E-state index in [0.717, 1.165) is 11.3 Å². The minimum absolute atomic E-state index is 0.703. The monoisotopic (exact) mass is 236 g/mol. The average Bonchev–Trinajstić information content (AvgIpc) is 2.38. The molecule has 0 fully saturated rings. The third kappa shape index (κ3) is 2.21. The average molecular weight is 236 g/mol. The van der Waals surface area contributed by atoms with Crippen molar-refractivity contribution in [3.8, 4) is 6.07 Å². The van der Waals surface area contributed by atoms with Crippen LogP contribution in [0.2, 0.25) is 0 Å². The summed E-state index contributed by atoms with van der Waals surface area (Å²) in [5, 5.41) is 8.89. The molecule has 0 N–H and O–H groups in total. The predicted molar refractivity (Wildman–Crippen MR) is 75.1 cm³/mol. The van der Waals surface area contributed by atoms with Crippen molar-refractivity contribution in [2.75, 3.05) is 11.9 Å². The van der Waals surface area contributed by atoms with Crippen LogP contribution < -0.4 is 4.90 Å². The molecule has 0 aliphatic carbocycles. The Morgan fingerprint density at radius 2 is 1.61 bits per heavy atom. The first-order chi connectivity index (χ1) is 8.63. The van der Waals surface area contributed by atoms with Gasteiger partial charge in [0.1, 0.15) is 0 Å². The normalized spacial score (nSPS) is 9.89. The van der Waals surface area contributed by atoms with Gasteiger partial charge < -0.3 is 4.90 Å². The summed E-state index contributed by atoms with van der Waals surface area (Å²) >= 11 is 0. The number of hydrogen-bond acceptors (Lipinski definition) is 2. The third-order valence-corrected chi connectivity index (χ3v) is 3.16. The fourth-order valence-electron chi connectivity index (χ4n) is 2.17. The fourth-order valence-corrected chi connectivity index (χ4v) is 2.17. The van der Waals surface area contributed by atoms with Crippen LogP contribution in [0, 0.1) is 25.2 Å². The Hall–Kier alpha value is -2.27. The summed E-state index contributed by atoms with van der Waals surface area (Å²) in [6, 6.07) is 16.2. The molecule has 0 heterocycles. The second-order valence-electron chi connectivity index (χ2n) is 4.46. The number of anilines is 2. The molecule has 0 amide bonds. The Morgan fingerprint density at radius 3 is 2.22 bits per heavy atom. The Labute approximate surface area is 108 Å². The first kappa shape index (κ1) is 12.2. The van der Waals surface area contributed by atoms with Crippen LogP contribution in [-0.2, 0) is 0 Å². The van der Waals surface area contributed by atoms with E-state index >= 15 is 0 Å². The van der Waals surface area contributed by atoms with Crippen LogP contribution in [0.3, 0.4) is 0 Å². The number of hydrogen-bond donors (Lipinski definition) is 0. The maximum absolute atomic E-state index is 8.89. The molecule has 18 heavy (non-hydrogen) atoms. The second-order valence-corrected chi connectivity index (χ2v) is 4.46. The van der Waals surface area contributed by atoms with E-state index in [-0.39, 0.29) is 0 Å². The molecule has 2 aromatic rings. The van der Waals surface area contributed by atoms with Gasteiger partial charge >= 0.3 is 0 Å². The van der Waals surface area contributed by atoms with Crippen molar-refractivity contribution in [2.24, 2.45) is 0 Å². The van der Waals surface area contributed by atoms with E-state index in [1.54, 1.807) is 0 Å². The van der Waals surface area contributed by atoms with E-state index < -0.39 is 0 Å². The topological polar surface area (TPSA) is 27.0 Å². The first-order valence-electron chi connectivity index (χ1n) is 5.93. The molecule has 0 aliphatic rings. The second kappa shape index (κ2) is 4.93. The largest absolute Gasteiger partial charge is 0.344 e. The lowest BCUT2D eigenvalue weighted by Crippen LogP contribution is -2.12.